The van der Waals surface area contributed by atoms with Crippen LogP contribution in [-0.4, -0.2) is 37.2 Å². The summed E-state index contributed by atoms with van der Waals surface area (Å²) in [5.74, 6) is -0.895. The highest BCUT2D eigenvalue weighted by Gasteiger charge is 2.19. The number of carbonyl (C=O) groups is 3. The van der Waals surface area contributed by atoms with Crippen molar-refractivity contribution in [2.75, 3.05) is 13.2 Å². The van der Waals surface area contributed by atoms with Crippen LogP contribution in [0.15, 0.2) is 36.5 Å². The van der Waals surface area contributed by atoms with E-state index in [1.54, 1.807) is 0 Å². The molecular weight excluding hydrogens is 709 g/mol. The third kappa shape index (κ3) is 44.6. The van der Waals surface area contributed by atoms with Crippen LogP contribution in [0.3, 0.4) is 0 Å². The first-order valence-electron chi connectivity index (χ1n) is 24.5. The Morgan fingerprint density at radius 1 is 0.351 bits per heavy atom. The Labute approximate surface area is 353 Å². The summed E-state index contributed by atoms with van der Waals surface area (Å²) in [5, 5.41) is 0. The van der Waals surface area contributed by atoms with Gasteiger partial charge in [-0.3, -0.25) is 14.4 Å². The van der Waals surface area contributed by atoms with Gasteiger partial charge >= 0.3 is 17.9 Å². The van der Waals surface area contributed by atoms with E-state index in [0.29, 0.717) is 19.3 Å². The normalized spacial score (nSPS) is 12.3. The molecule has 0 amide bonds. The van der Waals surface area contributed by atoms with Crippen molar-refractivity contribution in [3.8, 4) is 0 Å². The highest BCUT2D eigenvalue weighted by molar-refractivity contribution is 5.71. The van der Waals surface area contributed by atoms with Gasteiger partial charge in [0.05, 0.1) is 0 Å². The standard InChI is InChI=1S/C51H92O6/c1-4-7-10-13-16-19-22-24-25-27-29-32-35-38-41-44-50(53)56-47-48(46-55-49(52)43-40-37-34-31-28-21-18-15-12-9-6-3)57-51(54)45-42-39-36-33-30-26-23-20-17-14-11-8-5-2/h15-16,18-19,24-25,48H,4-14,17,20-23,26-47H2,1-3H3/b18-15-,19-16-,25-24-. The number of unbranched alkanes of at least 4 members (excludes halogenated alkanes) is 27. The van der Waals surface area contributed by atoms with Gasteiger partial charge in [0.15, 0.2) is 6.10 Å². The smallest absolute Gasteiger partial charge is 0.306 e. The van der Waals surface area contributed by atoms with Crippen LogP contribution in [0.25, 0.3) is 0 Å². The summed E-state index contributed by atoms with van der Waals surface area (Å²) in [4.78, 5) is 37.8. The van der Waals surface area contributed by atoms with Crippen molar-refractivity contribution in [1.29, 1.82) is 0 Å². The highest BCUT2D eigenvalue weighted by atomic mass is 16.6. The molecule has 0 aliphatic rings. The number of rotatable bonds is 44. The van der Waals surface area contributed by atoms with Gasteiger partial charge in [-0.2, -0.15) is 0 Å². The van der Waals surface area contributed by atoms with Crippen molar-refractivity contribution in [1.82, 2.24) is 0 Å². The van der Waals surface area contributed by atoms with Crippen LogP contribution in [0.1, 0.15) is 252 Å². The molecule has 0 aromatic rings. The zero-order chi connectivity index (χ0) is 41.5. The maximum atomic E-state index is 12.7. The van der Waals surface area contributed by atoms with E-state index < -0.39 is 6.10 Å². The molecule has 0 saturated carbocycles. The quantitative estimate of drug-likeness (QED) is 0.0264. The third-order valence-electron chi connectivity index (χ3n) is 10.6. The van der Waals surface area contributed by atoms with E-state index in [1.807, 2.05) is 0 Å². The molecule has 0 spiro atoms. The van der Waals surface area contributed by atoms with E-state index in [1.165, 1.54) is 128 Å². The molecule has 57 heavy (non-hydrogen) atoms. The first-order chi connectivity index (χ1) is 28.0. The molecule has 0 rings (SSSR count). The second-order valence-corrected chi connectivity index (χ2v) is 16.4. The van der Waals surface area contributed by atoms with Crippen LogP contribution in [0, 0.1) is 0 Å². The predicted octanol–water partition coefficient (Wildman–Crippen LogP) is 15.8. The Morgan fingerprint density at radius 3 is 1.07 bits per heavy atom. The molecule has 0 fully saturated rings. The van der Waals surface area contributed by atoms with E-state index in [9.17, 15) is 14.4 Å². The van der Waals surface area contributed by atoms with Crippen LogP contribution in [0.4, 0.5) is 0 Å². The zero-order valence-corrected chi connectivity index (χ0v) is 37.9. The van der Waals surface area contributed by atoms with Crippen LogP contribution in [0.2, 0.25) is 0 Å². The van der Waals surface area contributed by atoms with Gasteiger partial charge < -0.3 is 14.2 Å². The minimum atomic E-state index is -0.776. The van der Waals surface area contributed by atoms with Crippen molar-refractivity contribution in [2.24, 2.45) is 0 Å². The van der Waals surface area contributed by atoms with Gasteiger partial charge in [0, 0.05) is 19.3 Å². The molecule has 0 heterocycles. The topological polar surface area (TPSA) is 78.9 Å². The van der Waals surface area contributed by atoms with Crippen molar-refractivity contribution >= 4 is 17.9 Å². The molecule has 0 radical (unpaired) electrons. The number of ether oxygens (including phenoxy) is 3. The number of carbonyl (C=O) groups excluding carboxylic acids is 3. The van der Waals surface area contributed by atoms with Gasteiger partial charge in [0.1, 0.15) is 13.2 Å². The van der Waals surface area contributed by atoms with E-state index in [4.69, 9.17) is 14.2 Å². The molecule has 1 atom stereocenters. The first kappa shape index (κ1) is 54.6. The summed E-state index contributed by atoms with van der Waals surface area (Å²) < 4.78 is 16.7. The number of hydrogen-bond donors (Lipinski definition) is 0. The molecule has 0 aliphatic heterocycles. The molecule has 0 aromatic heterocycles. The minimum absolute atomic E-state index is 0.0789. The second-order valence-electron chi connectivity index (χ2n) is 16.4. The fourth-order valence-electron chi connectivity index (χ4n) is 6.86. The lowest BCUT2D eigenvalue weighted by Crippen LogP contribution is -2.30. The number of esters is 3. The van der Waals surface area contributed by atoms with Crippen molar-refractivity contribution < 1.29 is 28.6 Å². The Hall–Kier alpha value is -2.37. The Balaban J connectivity index is 4.38. The SMILES string of the molecule is CCCC/C=C\CCCCCCCC(=O)OCC(COC(=O)CCCCCCC/C=C\C/C=C\CCCCC)OC(=O)CCCCCCCCCCCCCCC. The van der Waals surface area contributed by atoms with E-state index in [-0.39, 0.29) is 31.1 Å². The fourth-order valence-corrected chi connectivity index (χ4v) is 6.86. The summed E-state index contributed by atoms with van der Waals surface area (Å²) in [6.07, 6.45) is 52.6. The lowest BCUT2D eigenvalue weighted by molar-refractivity contribution is -0.167. The molecule has 332 valence electrons. The molecule has 6 heteroatoms. The molecule has 0 aliphatic carbocycles. The molecule has 6 nitrogen and oxygen atoms in total. The van der Waals surface area contributed by atoms with Gasteiger partial charge in [-0.15, -0.1) is 0 Å². The summed E-state index contributed by atoms with van der Waals surface area (Å²) in [5.41, 5.74) is 0. The molecule has 0 N–H and O–H groups in total. The van der Waals surface area contributed by atoms with Gasteiger partial charge in [-0.05, 0) is 70.6 Å². The maximum absolute atomic E-state index is 12.7. The van der Waals surface area contributed by atoms with Crippen LogP contribution in [0.5, 0.6) is 0 Å². The van der Waals surface area contributed by atoms with Crippen molar-refractivity contribution in [3.05, 3.63) is 36.5 Å². The average Bonchev–Trinajstić information content (AvgIpc) is 3.21. The van der Waals surface area contributed by atoms with E-state index in [0.717, 1.165) is 83.5 Å². The fraction of sp³-hybridized carbons (Fsp3) is 0.824. The van der Waals surface area contributed by atoms with Crippen molar-refractivity contribution in [3.63, 3.8) is 0 Å². The molecule has 0 bridgehead atoms. The molecular formula is C51H92O6. The third-order valence-corrected chi connectivity index (χ3v) is 10.6. The van der Waals surface area contributed by atoms with Crippen LogP contribution in [-0.2, 0) is 28.6 Å². The lowest BCUT2D eigenvalue weighted by Gasteiger charge is -2.18. The van der Waals surface area contributed by atoms with Gasteiger partial charge in [-0.1, -0.05) is 198 Å². The minimum Gasteiger partial charge on any atom is -0.462 e. The summed E-state index contributed by atoms with van der Waals surface area (Å²) in [6.45, 7) is 6.56. The maximum Gasteiger partial charge on any atom is 0.306 e. The lowest BCUT2D eigenvalue weighted by atomic mass is 10.0. The second kappa shape index (κ2) is 46.3. The van der Waals surface area contributed by atoms with Gasteiger partial charge in [-0.25, -0.2) is 0 Å². The Kier molecular flexibility index (Phi) is 44.4. The number of allylic oxidation sites excluding steroid dienone is 6. The monoisotopic (exact) mass is 801 g/mol. The van der Waals surface area contributed by atoms with E-state index >= 15 is 0 Å². The molecule has 0 aromatic carbocycles. The molecule has 0 saturated heterocycles. The van der Waals surface area contributed by atoms with Crippen molar-refractivity contribution in [2.45, 2.75) is 258 Å². The summed E-state index contributed by atoms with van der Waals surface area (Å²) in [6, 6.07) is 0. The van der Waals surface area contributed by atoms with E-state index in [2.05, 4.69) is 57.2 Å². The van der Waals surface area contributed by atoms with Gasteiger partial charge in [0.25, 0.3) is 0 Å². The molecule has 1 unspecified atom stereocenters. The average molecular weight is 801 g/mol. The highest BCUT2D eigenvalue weighted by Crippen LogP contribution is 2.15. The largest absolute Gasteiger partial charge is 0.462 e. The van der Waals surface area contributed by atoms with Gasteiger partial charge in [0.2, 0.25) is 0 Å². The zero-order valence-electron chi connectivity index (χ0n) is 37.9. The predicted molar refractivity (Wildman–Crippen MR) is 242 cm³/mol. The number of hydrogen-bond acceptors (Lipinski definition) is 6. The van der Waals surface area contributed by atoms with Crippen LogP contribution >= 0.6 is 0 Å². The first-order valence-corrected chi connectivity index (χ1v) is 24.5. The summed E-state index contributed by atoms with van der Waals surface area (Å²) in [7, 11) is 0. The Bertz CT molecular complexity index is 969. The summed E-state index contributed by atoms with van der Waals surface area (Å²) >= 11 is 0. The van der Waals surface area contributed by atoms with Crippen LogP contribution < -0.4 is 0 Å². The Morgan fingerprint density at radius 2 is 0.649 bits per heavy atom.